The van der Waals surface area contributed by atoms with Crippen LogP contribution in [0.3, 0.4) is 0 Å². The average molecular weight is 753 g/mol. The number of nitrogens with one attached hydrogen (secondary N) is 4. The molecule has 1 fully saturated rings. The number of methoxy groups -OCH3 is 1. The highest BCUT2D eigenvalue weighted by Crippen LogP contribution is 2.21. The highest BCUT2D eigenvalue weighted by atomic mass is 16.5. The number of aliphatic hydroxyl groups excluding tert-OH is 1. The molecule has 1 heterocycles. The zero-order valence-corrected chi connectivity index (χ0v) is 31.8. The van der Waals surface area contributed by atoms with Crippen molar-refractivity contribution in [3.05, 3.63) is 71.8 Å². The summed E-state index contributed by atoms with van der Waals surface area (Å²) in [5.74, 6) is -3.58. The van der Waals surface area contributed by atoms with Crippen molar-refractivity contribution >= 4 is 35.7 Å². The molecule has 0 aliphatic carbocycles. The van der Waals surface area contributed by atoms with Crippen LogP contribution in [0.1, 0.15) is 64.5 Å². The van der Waals surface area contributed by atoms with Crippen molar-refractivity contribution < 1.29 is 43.3 Å². The maximum Gasteiger partial charge on any atom is 0.408 e. The van der Waals surface area contributed by atoms with Crippen molar-refractivity contribution in [1.29, 1.82) is 0 Å². The summed E-state index contributed by atoms with van der Waals surface area (Å²) in [6.07, 6.45) is -0.773. The third-order valence-corrected chi connectivity index (χ3v) is 9.62. The Kier molecular flexibility index (Phi) is 17.4. The number of hydrogen-bond acceptors (Lipinski definition) is 10. The number of ether oxygens (including phenoxy) is 2. The summed E-state index contributed by atoms with van der Waals surface area (Å²) in [7, 11) is 1.25. The number of hydrogen-bond donors (Lipinski definition) is 6. The minimum Gasteiger partial charge on any atom is -0.467 e. The number of nitrogens with zero attached hydrogens (tertiary/aromatic N) is 1. The lowest BCUT2D eigenvalue weighted by molar-refractivity contribution is -0.147. The van der Waals surface area contributed by atoms with E-state index in [4.69, 9.17) is 15.2 Å². The largest absolute Gasteiger partial charge is 0.467 e. The van der Waals surface area contributed by atoms with Crippen LogP contribution in [0.15, 0.2) is 60.7 Å². The van der Waals surface area contributed by atoms with Gasteiger partial charge < -0.3 is 41.6 Å². The number of aliphatic hydroxyl groups is 1. The predicted octanol–water partition coefficient (Wildman–Crippen LogP) is 1.55. The third-order valence-electron chi connectivity index (χ3n) is 9.62. The van der Waals surface area contributed by atoms with Crippen molar-refractivity contribution in [2.75, 3.05) is 20.2 Å². The fraction of sp³-hybridized carbons (Fsp3) is 0.538. The van der Waals surface area contributed by atoms with Gasteiger partial charge in [-0.05, 0) is 48.8 Å². The minimum absolute atomic E-state index is 0.0130. The summed E-state index contributed by atoms with van der Waals surface area (Å²) >= 11 is 0. The van der Waals surface area contributed by atoms with Crippen molar-refractivity contribution in [2.24, 2.45) is 17.6 Å². The Morgan fingerprint density at radius 3 is 2.07 bits per heavy atom. The average Bonchev–Trinajstić information content (AvgIpc) is 3.62. The van der Waals surface area contributed by atoms with E-state index in [0.29, 0.717) is 25.8 Å². The lowest BCUT2D eigenvalue weighted by Crippen LogP contribution is -2.59. The number of nitrogens with two attached hydrogens (primary N) is 1. The Morgan fingerprint density at radius 2 is 1.50 bits per heavy atom. The maximum atomic E-state index is 13.8. The van der Waals surface area contributed by atoms with Gasteiger partial charge in [-0.25, -0.2) is 9.59 Å². The number of carbonyl (C=O) groups excluding carboxylic acids is 6. The molecular formula is C39H56N6O9. The fourth-order valence-corrected chi connectivity index (χ4v) is 6.28. The molecule has 5 amide bonds. The number of β-amino-alcohol motifs (C(OH)–C–C–N with tert-alkyl or cyclic N) is 1. The van der Waals surface area contributed by atoms with Gasteiger partial charge in [-0.15, -0.1) is 0 Å². The smallest absolute Gasteiger partial charge is 0.408 e. The Labute approximate surface area is 317 Å². The number of carbonyl (C=O) groups is 6. The number of benzene rings is 2. The number of likely N-dealkylation sites (tertiary alicyclic amines) is 1. The van der Waals surface area contributed by atoms with E-state index in [2.05, 4.69) is 21.3 Å². The van der Waals surface area contributed by atoms with Gasteiger partial charge in [0.25, 0.3) is 0 Å². The fourth-order valence-electron chi connectivity index (χ4n) is 6.28. The van der Waals surface area contributed by atoms with E-state index in [-0.39, 0.29) is 31.4 Å². The molecule has 2 aromatic carbocycles. The van der Waals surface area contributed by atoms with E-state index in [1.165, 1.54) is 7.11 Å². The number of rotatable bonds is 20. The van der Waals surface area contributed by atoms with Gasteiger partial charge in [0.2, 0.25) is 23.6 Å². The standard InChI is InChI=1S/C39H56N6O9/c1-6-25(4)34(37(50)43-33(24(2)3)38(51)53-5)44-36(49)30-18-13-19-45(30)22-31(46)28(20-26-14-9-7-10-15-26)41-35(48)29(21-32(40)47)42-39(52)54-23-27-16-11-8-12-17-27/h7-12,14-17,24-25,28-31,33-34,46H,6,13,18-23H2,1-5H3,(H2,40,47)(H,41,48)(H,42,52)(H,43,50)(H,44,49)/t25-,28-,29-,30-,31-,33-,34?/m0/s1. The van der Waals surface area contributed by atoms with Gasteiger partial charge in [-0.2, -0.15) is 0 Å². The summed E-state index contributed by atoms with van der Waals surface area (Å²) in [5.41, 5.74) is 6.95. The van der Waals surface area contributed by atoms with Gasteiger partial charge in [-0.3, -0.25) is 24.1 Å². The number of amides is 5. The highest BCUT2D eigenvalue weighted by Gasteiger charge is 2.38. The summed E-state index contributed by atoms with van der Waals surface area (Å²) in [5, 5.41) is 22.5. The SMILES string of the molecule is CC[C@H](C)C(NC(=O)[C@@H]1CCCN1C[C@H](O)[C@H](Cc1ccccc1)NC(=O)[C@H](CC(N)=O)NC(=O)OCc1ccccc1)C(=O)N[C@H](C(=O)OC)C(C)C. The molecule has 3 rings (SSSR count). The third kappa shape index (κ3) is 13.4. The molecule has 7 atom stereocenters. The molecule has 1 unspecified atom stereocenters. The lowest BCUT2D eigenvalue weighted by atomic mass is 9.96. The van der Waals surface area contributed by atoms with Crippen molar-refractivity contribution in [3.8, 4) is 0 Å². The molecule has 1 saturated heterocycles. The van der Waals surface area contributed by atoms with Gasteiger partial charge in [0, 0.05) is 6.54 Å². The van der Waals surface area contributed by atoms with E-state index in [1.54, 1.807) is 43.0 Å². The Bertz CT molecular complexity index is 1540. The van der Waals surface area contributed by atoms with Crippen LogP contribution in [0, 0.1) is 11.8 Å². The summed E-state index contributed by atoms with van der Waals surface area (Å²) in [6, 6.07) is 13.3. The highest BCUT2D eigenvalue weighted by molar-refractivity contribution is 5.92. The second-order valence-corrected chi connectivity index (χ2v) is 14.1. The first-order chi connectivity index (χ1) is 25.7. The van der Waals surface area contributed by atoms with Crippen molar-refractivity contribution in [3.63, 3.8) is 0 Å². The van der Waals surface area contributed by atoms with Crippen LogP contribution in [-0.4, -0.2) is 102 Å². The van der Waals surface area contributed by atoms with Crippen LogP contribution in [0.25, 0.3) is 0 Å². The van der Waals surface area contributed by atoms with Gasteiger partial charge >= 0.3 is 12.1 Å². The maximum absolute atomic E-state index is 13.8. The molecule has 15 heteroatoms. The van der Waals surface area contributed by atoms with E-state index in [9.17, 15) is 33.9 Å². The lowest BCUT2D eigenvalue weighted by Gasteiger charge is -2.33. The van der Waals surface area contributed by atoms with Crippen LogP contribution < -0.4 is 27.0 Å². The molecule has 0 spiro atoms. The molecular weight excluding hydrogens is 696 g/mol. The van der Waals surface area contributed by atoms with Crippen LogP contribution in [0.2, 0.25) is 0 Å². The Morgan fingerprint density at radius 1 is 0.870 bits per heavy atom. The first kappa shape index (κ1) is 43.4. The Balaban J connectivity index is 1.75. The Hall–Kier alpha value is -5.02. The van der Waals surface area contributed by atoms with Gasteiger partial charge in [-0.1, -0.05) is 94.8 Å². The quantitative estimate of drug-likeness (QED) is 0.107. The summed E-state index contributed by atoms with van der Waals surface area (Å²) in [6.45, 7) is 7.69. The summed E-state index contributed by atoms with van der Waals surface area (Å²) in [4.78, 5) is 79.6. The van der Waals surface area contributed by atoms with Gasteiger partial charge in [0.05, 0.1) is 31.7 Å². The molecule has 7 N–H and O–H groups in total. The molecule has 296 valence electrons. The molecule has 1 aliphatic heterocycles. The second kappa shape index (κ2) is 21.6. The molecule has 54 heavy (non-hydrogen) atoms. The first-order valence-electron chi connectivity index (χ1n) is 18.4. The van der Waals surface area contributed by atoms with E-state index >= 15 is 0 Å². The first-order valence-corrected chi connectivity index (χ1v) is 18.4. The minimum atomic E-state index is -1.39. The molecule has 1 aliphatic rings. The number of alkyl carbamates (subject to hydrolysis) is 1. The molecule has 15 nitrogen and oxygen atoms in total. The van der Waals surface area contributed by atoms with Crippen LogP contribution in [0.5, 0.6) is 0 Å². The molecule has 0 saturated carbocycles. The van der Waals surface area contributed by atoms with Crippen LogP contribution >= 0.6 is 0 Å². The monoisotopic (exact) mass is 752 g/mol. The topological polar surface area (TPSA) is 218 Å². The molecule has 2 aromatic rings. The zero-order chi connectivity index (χ0) is 39.8. The van der Waals surface area contributed by atoms with Crippen molar-refractivity contribution in [1.82, 2.24) is 26.2 Å². The molecule has 0 aromatic heterocycles. The van der Waals surface area contributed by atoms with E-state index in [0.717, 1.165) is 11.1 Å². The van der Waals surface area contributed by atoms with Crippen molar-refractivity contribution in [2.45, 2.75) is 103 Å². The predicted molar refractivity (Wildman–Crippen MR) is 200 cm³/mol. The van der Waals surface area contributed by atoms with E-state index < -0.39 is 78.4 Å². The molecule has 0 radical (unpaired) electrons. The number of primary amides is 1. The summed E-state index contributed by atoms with van der Waals surface area (Å²) < 4.78 is 10.1. The van der Waals surface area contributed by atoms with Crippen LogP contribution in [0.4, 0.5) is 4.79 Å². The van der Waals surface area contributed by atoms with Gasteiger partial charge in [0.1, 0.15) is 24.7 Å². The van der Waals surface area contributed by atoms with Crippen LogP contribution in [-0.2, 0) is 46.5 Å². The van der Waals surface area contributed by atoms with Gasteiger partial charge in [0.15, 0.2) is 0 Å². The molecule has 0 bridgehead atoms. The zero-order valence-electron chi connectivity index (χ0n) is 31.8. The van der Waals surface area contributed by atoms with E-state index in [1.807, 2.05) is 50.2 Å². The second-order valence-electron chi connectivity index (χ2n) is 14.1. The normalized spacial score (nSPS) is 17.6. The number of esters is 1.